The van der Waals surface area contributed by atoms with E-state index >= 15 is 0 Å². The van der Waals surface area contributed by atoms with E-state index in [-0.39, 0.29) is 25.0 Å². The van der Waals surface area contributed by atoms with Gasteiger partial charge in [0.15, 0.2) is 11.5 Å². The summed E-state index contributed by atoms with van der Waals surface area (Å²) < 4.78 is 37.3. The van der Waals surface area contributed by atoms with Crippen LogP contribution in [0.2, 0.25) is 0 Å². The van der Waals surface area contributed by atoms with E-state index in [2.05, 4.69) is 0 Å². The summed E-state index contributed by atoms with van der Waals surface area (Å²) >= 11 is 0. The number of ether oxygens (including phenoxy) is 2. The Hall–Kier alpha value is -1.80. The zero-order valence-corrected chi connectivity index (χ0v) is 15.4. The van der Waals surface area contributed by atoms with Crippen LogP contribution in [-0.2, 0) is 14.8 Å². The Balaban J connectivity index is 1.60. The molecule has 0 N–H and O–H groups in total. The highest BCUT2D eigenvalue weighted by atomic mass is 32.2. The monoisotopic (exact) mass is 368 g/mol. The number of amides is 1. The molecule has 25 heavy (non-hydrogen) atoms. The summed E-state index contributed by atoms with van der Waals surface area (Å²) in [4.78, 5) is 14.2. The van der Waals surface area contributed by atoms with Crippen LogP contribution >= 0.6 is 0 Å². The molecule has 138 valence electrons. The number of piperidine rings is 1. The van der Waals surface area contributed by atoms with Crippen molar-refractivity contribution in [3.63, 3.8) is 0 Å². The zero-order chi connectivity index (χ0) is 18.0. The van der Waals surface area contributed by atoms with Gasteiger partial charge in [0.05, 0.1) is 11.7 Å². The number of benzene rings is 1. The molecule has 2 aliphatic rings. The summed E-state index contributed by atoms with van der Waals surface area (Å²) in [6.45, 7) is 1.14. The van der Waals surface area contributed by atoms with Gasteiger partial charge < -0.3 is 14.4 Å². The smallest absolute Gasteiger partial charge is 0.226 e. The molecule has 0 saturated carbocycles. The third-order valence-corrected chi connectivity index (χ3v) is 6.88. The first-order valence-corrected chi connectivity index (χ1v) is 9.96. The molecule has 8 heteroatoms. The van der Waals surface area contributed by atoms with Crippen molar-refractivity contribution in [2.24, 2.45) is 0 Å². The van der Waals surface area contributed by atoms with Crippen LogP contribution in [0, 0.1) is 0 Å². The predicted octanol–water partition coefficient (Wildman–Crippen LogP) is 1.10. The lowest BCUT2D eigenvalue weighted by atomic mass is 10.1. The van der Waals surface area contributed by atoms with E-state index < -0.39 is 15.3 Å². The van der Waals surface area contributed by atoms with Crippen molar-refractivity contribution in [2.45, 2.75) is 30.6 Å². The average molecular weight is 368 g/mol. The van der Waals surface area contributed by atoms with Crippen LogP contribution < -0.4 is 9.47 Å². The lowest BCUT2D eigenvalue weighted by molar-refractivity contribution is -0.134. The lowest BCUT2D eigenvalue weighted by Gasteiger charge is -2.35. The molecule has 1 saturated heterocycles. The van der Waals surface area contributed by atoms with Gasteiger partial charge in [-0.2, -0.15) is 0 Å². The molecule has 1 fully saturated rings. The standard InChI is InChI=1S/C17H24N2O5S/c1-18(2)25(21,22)14-6-5-9-19(11-14)17(20)10-13-12-23-15-7-3-4-8-16(15)24-13/h3-4,7-8,13-14H,5-6,9-12H2,1-2H3. The number of nitrogens with zero attached hydrogens (tertiary/aromatic N) is 2. The van der Waals surface area contributed by atoms with Gasteiger partial charge >= 0.3 is 0 Å². The Morgan fingerprint density at radius 3 is 2.72 bits per heavy atom. The molecule has 2 heterocycles. The van der Waals surface area contributed by atoms with Crippen molar-refractivity contribution in [3.05, 3.63) is 24.3 Å². The number of hydrogen-bond acceptors (Lipinski definition) is 5. The summed E-state index contributed by atoms with van der Waals surface area (Å²) in [5.74, 6) is 1.23. The molecular formula is C17H24N2O5S. The molecule has 1 amide bonds. The Kier molecular flexibility index (Phi) is 5.19. The van der Waals surface area contributed by atoms with E-state index in [1.165, 1.54) is 18.4 Å². The summed E-state index contributed by atoms with van der Waals surface area (Å²) in [6.07, 6.45) is 1.10. The molecular weight excluding hydrogens is 344 g/mol. The molecule has 0 spiro atoms. The Morgan fingerprint density at radius 1 is 1.28 bits per heavy atom. The Labute approximate surface area is 148 Å². The van der Waals surface area contributed by atoms with E-state index in [1.807, 2.05) is 24.3 Å². The number of carbonyl (C=O) groups excluding carboxylic acids is 1. The molecule has 0 radical (unpaired) electrons. The van der Waals surface area contributed by atoms with Crippen LogP contribution in [0.25, 0.3) is 0 Å². The van der Waals surface area contributed by atoms with E-state index in [1.54, 1.807) is 4.90 Å². The van der Waals surface area contributed by atoms with Gasteiger partial charge in [0.1, 0.15) is 12.7 Å². The number of fused-ring (bicyclic) bond motifs is 1. The number of rotatable bonds is 4. The van der Waals surface area contributed by atoms with E-state index in [0.29, 0.717) is 37.5 Å². The van der Waals surface area contributed by atoms with Crippen LogP contribution in [0.15, 0.2) is 24.3 Å². The molecule has 0 aliphatic carbocycles. The first-order chi connectivity index (χ1) is 11.9. The third-order valence-electron chi connectivity index (χ3n) is 4.63. The van der Waals surface area contributed by atoms with Crippen LogP contribution in [0.4, 0.5) is 0 Å². The maximum Gasteiger partial charge on any atom is 0.226 e. The summed E-state index contributed by atoms with van der Waals surface area (Å²) in [5, 5.41) is -0.538. The SMILES string of the molecule is CN(C)S(=O)(=O)C1CCCN(C(=O)CC2COc3ccccc3O2)C1. The Morgan fingerprint density at radius 2 is 2.00 bits per heavy atom. The van der Waals surface area contributed by atoms with E-state index in [4.69, 9.17) is 9.47 Å². The second-order valence-electron chi connectivity index (χ2n) is 6.63. The topological polar surface area (TPSA) is 76.2 Å². The fourth-order valence-corrected chi connectivity index (χ4v) is 4.62. The summed E-state index contributed by atoms with van der Waals surface area (Å²) in [7, 11) is -0.299. The fraction of sp³-hybridized carbons (Fsp3) is 0.588. The highest BCUT2D eigenvalue weighted by Crippen LogP contribution is 2.32. The van der Waals surface area contributed by atoms with Crippen molar-refractivity contribution in [3.8, 4) is 11.5 Å². The van der Waals surface area contributed by atoms with E-state index in [0.717, 1.165) is 0 Å². The predicted molar refractivity (Wildman–Crippen MR) is 93.2 cm³/mol. The molecule has 2 unspecified atom stereocenters. The highest BCUT2D eigenvalue weighted by molar-refractivity contribution is 7.89. The maximum atomic E-state index is 12.6. The van der Waals surface area contributed by atoms with Gasteiger partial charge in [0.25, 0.3) is 0 Å². The second kappa shape index (κ2) is 7.21. The van der Waals surface area contributed by atoms with Crippen LogP contribution in [-0.4, -0.2) is 68.7 Å². The lowest BCUT2D eigenvalue weighted by Crippen LogP contribution is -2.49. The van der Waals surface area contributed by atoms with Crippen LogP contribution in [0.5, 0.6) is 11.5 Å². The van der Waals surface area contributed by atoms with Gasteiger partial charge in [-0.25, -0.2) is 12.7 Å². The Bertz CT molecular complexity index is 734. The first kappa shape index (κ1) is 18.0. The summed E-state index contributed by atoms with van der Waals surface area (Å²) in [5.41, 5.74) is 0. The number of para-hydroxylation sites is 2. The minimum atomic E-state index is -3.36. The largest absolute Gasteiger partial charge is 0.486 e. The highest BCUT2D eigenvalue weighted by Gasteiger charge is 2.35. The fourth-order valence-electron chi connectivity index (χ4n) is 3.19. The maximum absolute atomic E-state index is 12.6. The first-order valence-electron chi connectivity index (χ1n) is 8.45. The van der Waals surface area contributed by atoms with Gasteiger partial charge in [-0.3, -0.25) is 4.79 Å². The van der Waals surface area contributed by atoms with Gasteiger partial charge in [-0.05, 0) is 25.0 Å². The summed E-state index contributed by atoms with van der Waals surface area (Å²) in [6, 6.07) is 7.36. The van der Waals surface area contributed by atoms with Gasteiger partial charge in [-0.1, -0.05) is 12.1 Å². The number of sulfonamides is 1. The van der Waals surface area contributed by atoms with Crippen LogP contribution in [0.1, 0.15) is 19.3 Å². The molecule has 7 nitrogen and oxygen atoms in total. The second-order valence-corrected chi connectivity index (χ2v) is 9.06. The van der Waals surface area contributed by atoms with Gasteiger partial charge in [-0.15, -0.1) is 0 Å². The molecule has 2 atom stereocenters. The molecule has 1 aromatic rings. The van der Waals surface area contributed by atoms with Crippen molar-refractivity contribution in [1.29, 1.82) is 0 Å². The normalized spacial score (nSPS) is 23.6. The van der Waals surface area contributed by atoms with Gasteiger partial charge in [0.2, 0.25) is 15.9 Å². The van der Waals surface area contributed by atoms with Crippen molar-refractivity contribution < 1.29 is 22.7 Å². The molecule has 0 bridgehead atoms. The van der Waals surface area contributed by atoms with Gasteiger partial charge in [0, 0.05) is 27.2 Å². The molecule has 0 aromatic heterocycles. The number of carbonyl (C=O) groups is 1. The third kappa shape index (κ3) is 3.90. The number of likely N-dealkylation sites (tertiary alicyclic amines) is 1. The van der Waals surface area contributed by atoms with Crippen LogP contribution in [0.3, 0.4) is 0 Å². The average Bonchev–Trinajstić information content (AvgIpc) is 2.61. The van der Waals surface area contributed by atoms with Crippen molar-refractivity contribution in [2.75, 3.05) is 33.8 Å². The molecule has 3 rings (SSSR count). The number of hydrogen-bond donors (Lipinski definition) is 0. The van der Waals surface area contributed by atoms with Crippen molar-refractivity contribution >= 4 is 15.9 Å². The zero-order valence-electron chi connectivity index (χ0n) is 14.6. The van der Waals surface area contributed by atoms with Crippen molar-refractivity contribution in [1.82, 2.24) is 9.21 Å². The minimum absolute atomic E-state index is 0.0911. The molecule has 2 aliphatic heterocycles. The minimum Gasteiger partial charge on any atom is -0.486 e. The van der Waals surface area contributed by atoms with E-state index in [9.17, 15) is 13.2 Å². The quantitative estimate of drug-likeness (QED) is 0.795. The molecule has 1 aromatic carbocycles.